The number of aryl methyl sites for hydroxylation is 1. The summed E-state index contributed by atoms with van der Waals surface area (Å²) >= 11 is 0. The van der Waals surface area contributed by atoms with Gasteiger partial charge in [-0.3, -0.25) is 9.69 Å². The Morgan fingerprint density at radius 2 is 1.94 bits per heavy atom. The molecular weight excluding hydrogens is 432 g/mol. The van der Waals surface area contributed by atoms with E-state index in [-0.39, 0.29) is 35.9 Å². The zero-order chi connectivity index (χ0) is 22.6. The molecule has 0 bridgehead atoms. The maximum Gasteiger partial charge on any atom is 0.226 e. The normalized spacial score (nSPS) is 23.2. The van der Waals surface area contributed by atoms with Crippen molar-refractivity contribution in [3.05, 3.63) is 30.2 Å². The van der Waals surface area contributed by atoms with Crippen LogP contribution in [0.15, 0.2) is 28.8 Å². The predicted octanol–water partition coefficient (Wildman–Crippen LogP) is 1.84. The minimum atomic E-state index is -3.13. The van der Waals surface area contributed by atoms with Crippen molar-refractivity contribution < 1.29 is 22.5 Å². The number of nitrogens with zero attached hydrogens (tertiary/aromatic N) is 3. The van der Waals surface area contributed by atoms with Crippen molar-refractivity contribution in [2.45, 2.75) is 50.6 Å². The van der Waals surface area contributed by atoms with Gasteiger partial charge in [-0.1, -0.05) is 11.6 Å². The van der Waals surface area contributed by atoms with Gasteiger partial charge in [-0.05, 0) is 56.6 Å². The first kappa shape index (κ1) is 22.7. The summed E-state index contributed by atoms with van der Waals surface area (Å²) in [6.45, 7) is 1.81. The van der Waals surface area contributed by atoms with Crippen molar-refractivity contribution in [1.29, 1.82) is 0 Å². The molecule has 32 heavy (non-hydrogen) atoms. The molecule has 1 amide bonds. The van der Waals surface area contributed by atoms with E-state index in [1.807, 2.05) is 24.3 Å². The third-order valence-electron chi connectivity index (χ3n) is 6.14. The lowest BCUT2D eigenvalue weighted by Gasteiger charge is -2.35. The average molecular weight is 463 g/mol. The van der Waals surface area contributed by atoms with Crippen LogP contribution in [0.5, 0.6) is 5.75 Å². The molecule has 9 nitrogen and oxygen atoms in total. The molecule has 0 saturated carbocycles. The molecule has 2 fully saturated rings. The highest BCUT2D eigenvalue weighted by molar-refractivity contribution is 7.91. The lowest BCUT2D eigenvalue weighted by atomic mass is 10.0. The molecule has 4 rings (SSSR count). The van der Waals surface area contributed by atoms with Gasteiger partial charge in [0, 0.05) is 24.4 Å². The summed E-state index contributed by atoms with van der Waals surface area (Å²) in [6, 6.07) is 6.92. The molecule has 10 heteroatoms. The van der Waals surface area contributed by atoms with Crippen LogP contribution in [0, 0.1) is 0 Å². The Balaban J connectivity index is 1.27. The number of carbonyl (C=O) groups is 1. The van der Waals surface area contributed by atoms with Crippen molar-refractivity contribution in [3.8, 4) is 17.1 Å². The Hall–Kier alpha value is -2.46. The number of sulfone groups is 1. The number of nitrogens with one attached hydrogen (secondary N) is 1. The van der Waals surface area contributed by atoms with E-state index in [9.17, 15) is 13.2 Å². The van der Waals surface area contributed by atoms with Crippen LogP contribution in [-0.4, -0.2) is 73.2 Å². The standard InChI is InChI=1S/C22H30N4O5S/c1-30-17-10-8-16(9-11-17)22-24-21(31-25-22)7-5-6-20(27)23-18-14-32(28,29)15-19(18)26-12-3-2-4-13-26/h8-11,18-19H,2-7,12-15H2,1H3,(H,23,27)/t18-,19-/m1/s1. The van der Waals surface area contributed by atoms with E-state index in [4.69, 9.17) is 9.26 Å². The molecule has 0 radical (unpaired) electrons. The van der Waals surface area contributed by atoms with Crippen LogP contribution in [0.2, 0.25) is 0 Å². The van der Waals surface area contributed by atoms with Gasteiger partial charge < -0.3 is 14.6 Å². The number of ether oxygens (including phenoxy) is 1. The molecular formula is C22H30N4O5S. The van der Waals surface area contributed by atoms with Crippen LogP contribution >= 0.6 is 0 Å². The van der Waals surface area contributed by atoms with Gasteiger partial charge in [0.2, 0.25) is 17.6 Å². The molecule has 2 aliphatic heterocycles. The molecule has 3 heterocycles. The third kappa shape index (κ3) is 5.66. The number of benzene rings is 1. The van der Waals surface area contributed by atoms with Crippen molar-refractivity contribution in [1.82, 2.24) is 20.4 Å². The van der Waals surface area contributed by atoms with Gasteiger partial charge in [0.25, 0.3) is 0 Å². The van der Waals surface area contributed by atoms with Crippen molar-refractivity contribution in [2.24, 2.45) is 0 Å². The molecule has 2 atom stereocenters. The second kappa shape index (κ2) is 9.99. The topological polar surface area (TPSA) is 115 Å². The molecule has 1 N–H and O–H groups in total. The second-order valence-electron chi connectivity index (χ2n) is 8.51. The third-order valence-corrected chi connectivity index (χ3v) is 7.86. The van der Waals surface area contributed by atoms with E-state index in [1.54, 1.807) is 7.11 Å². The van der Waals surface area contributed by atoms with E-state index in [1.165, 1.54) is 6.42 Å². The Morgan fingerprint density at radius 1 is 1.19 bits per heavy atom. The molecule has 2 saturated heterocycles. The second-order valence-corrected chi connectivity index (χ2v) is 10.7. The number of amides is 1. The molecule has 174 valence electrons. The first-order valence-electron chi connectivity index (χ1n) is 11.1. The summed E-state index contributed by atoms with van der Waals surface area (Å²) in [4.78, 5) is 19.1. The molecule has 1 aromatic heterocycles. The van der Waals surface area contributed by atoms with E-state index in [0.717, 1.165) is 37.2 Å². The summed E-state index contributed by atoms with van der Waals surface area (Å²) in [6.07, 6.45) is 4.66. The quantitative estimate of drug-likeness (QED) is 0.632. The van der Waals surface area contributed by atoms with Gasteiger partial charge in [-0.2, -0.15) is 4.98 Å². The molecule has 2 aromatic rings. The van der Waals surface area contributed by atoms with Gasteiger partial charge in [0.05, 0.1) is 24.7 Å². The number of hydrogen-bond donors (Lipinski definition) is 1. The lowest BCUT2D eigenvalue weighted by molar-refractivity contribution is -0.122. The summed E-state index contributed by atoms with van der Waals surface area (Å²) in [5.74, 6) is 1.74. The van der Waals surface area contributed by atoms with E-state index in [2.05, 4.69) is 20.4 Å². The number of hydrogen-bond acceptors (Lipinski definition) is 8. The van der Waals surface area contributed by atoms with Gasteiger partial charge in [-0.15, -0.1) is 0 Å². The van der Waals surface area contributed by atoms with Crippen LogP contribution in [0.25, 0.3) is 11.4 Å². The van der Waals surface area contributed by atoms with Crippen LogP contribution in [-0.2, 0) is 21.1 Å². The number of methoxy groups -OCH3 is 1. The first-order valence-corrected chi connectivity index (χ1v) is 13.0. The predicted molar refractivity (Wildman–Crippen MR) is 119 cm³/mol. The summed E-state index contributed by atoms with van der Waals surface area (Å²) in [7, 11) is -1.52. The number of likely N-dealkylation sites (tertiary alicyclic amines) is 1. The minimum absolute atomic E-state index is 0.0226. The van der Waals surface area contributed by atoms with Gasteiger partial charge in [-0.25, -0.2) is 8.42 Å². The van der Waals surface area contributed by atoms with Crippen LogP contribution in [0.3, 0.4) is 0 Å². The van der Waals surface area contributed by atoms with Crippen molar-refractivity contribution in [2.75, 3.05) is 31.7 Å². The maximum absolute atomic E-state index is 12.5. The first-order chi connectivity index (χ1) is 15.4. The van der Waals surface area contributed by atoms with Gasteiger partial charge >= 0.3 is 0 Å². The van der Waals surface area contributed by atoms with E-state index in [0.29, 0.717) is 24.6 Å². The fourth-order valence-corrected chi connectivity index (χ4v) is 6.42. The van der Waals surface area contributed by atoms with Crippen LogP contribution < -0.4 is 10.1 Å². The summed E-state index contributed by atoms with van der Waals surface area (Å²) in [5, 5.41) is 6.97. The van der Waals surface area contributed by atoms with Crippen molar-refractivity contribution in [3.63, 3.8) is 0 Å². The molecule has 0 unspecified atom stereocenters. The fraction of sp³-hybridized carbons (Fsp3) is 0.591. The highest BCUT2D eigenvalue weighted by atomic mass is 32.2. The maximum atomic E-state index is 12.5. The van der Waals surface area contributed by atoms with E-state index < -0.39 is 9.84 Å². The molecule has 0 spiro atoms. The van der Waals surface area contributed by atoms with Crippen LogP contribution in [0.1, 0.15) is 38.0 Å². The average Bonchev–Trinajstić information content (AvgIpc) is 3.38. The van der Waals surface area contributed by atoms with Gasteiger partial charge in [0.1, 0.15) is 5.75 Å². The zero-order valence-corrected chi connectivity index (χ0v) is 19.1. The fourth-order valence-electron chi connectivity index (χ4n) is 4.47. The SMILES string of the molecule is COc1ccc(-c2noc(CCCC(=O)N[C@@H]3CS(=O)(=O)C[C@H]3N3CCCCC3)n2)cc1. The molecule has 0 aliphatic carbocycles. The Kier molecular flexibility index (Phi) is 7.10. The van der Waals surface area contributed by atoms with Gasteiger partial charge in [0.15, 0.2) is 9.84 Å². The number of carbonyl (C=O) groups excluding carboxylic acids is 1. The number of piperidine rings is 1. The number of aromatic nitrogens is 2. The molecule has 2 aliphatic rings. The largest absolute Gasteiger partial charge is 0.497 e. The lowest BCUT2D eigenvalue weighted by Crippen LogP contribution is -2.52. The van der Waals surface area contributed by atoms with Crippen LogP contribution in [0.4, 0.5) is 0 Å². The summed E-state index contributed by atoms with van der Waals surface area (Å²) in [5.41, 5.74) is 0.824. The van der Waals surface area contributed by atoms with Crippen molar-refractivity contribution >= 4 is 15.7 Å². The zero-order valence-electron chi connectivity index (χ0n) is 18.3. The highest BCUT2D eigenvalue weighted by Crippen LogP contribution is 2.23. The summed E-state index contributed by atoms with van der Waals surface area (Å²) < 4.78 is 34.9. The Bertz CT molecular complexity index is 1020. The smallest absolute Gasteiger partial charge is 0.226 e. The highest BCUT2D eigenvalue weighted by Gasteiger charge is 2.41. The van der Waals surface area contributed by atoms with E-state index >= 15 is 0 Å². The number of rotatable bonds is 8. The minimum Gasteiger partial charge on any atom is -0.497 e. The Labute approximate surface area is 188 Å². The molecule has 1 aromatic carbocycles. The monoisotopic (exact) mass is 462 g/mol. The Morgan fingerprint density at radius 3 is 2.66 bits per heavy atom.